The van der Waals surface area contributed by atoms with Gasteiger partial charge in [-0.05, 0) is 77.9 Å². The number of rotatable bonds is 6. The first kappa shape index (κ1) is 22.5. The monoisotopic (exact) mass is 476 g/mol. The highest BCUT2D eigenvalue weighted by atomic mass is 35.5. The van der Waals surface area contributed by atoms with Crippen LogP contribution >= 0.6 is 23.2 Å². The Morgan fingerprint density at radius 3 is 1.91 bits per heavy atom. The summed E-state index contributed by atoms with van der Waals surface area (Å²) in [5.41, 5.74) is 3.54. The van der Waals surface area contributed by atoms with E-state index in [-0.39, 0.29) is 22.6 Å². The molecule has 0 aliphatic heterocycles. The van der Waals surface area contributed by atoms with Crippen molar-refractivity contribution >= 4 is 46.3 Å². The van der Waals surface area contributed by atoms with Crippen LogP contribution in [0.2, 0.25) is 10.0 Å². The zero-order valence-electron chi connectivity index (χ0n) is 17.5. The van der Waals surface area contributed by atoms with Crippen molar-refractivity contribution in [1.29, 1.82) is 0 Å². The average Bonchev–Trinajstić information content (AvgIpc) is 2.84. The topological polar surface area (TPSA) is 70.5 Å². The molecular formula is C26H18Cl2N2O3. The second-order valence-electron chi connectivity index (χ2n) is 7.38. The fourth-order valence-electron chi connectivity index (χ4n) is 3.37. The number of carboxylic acid groups (broad SMARTS) is 1. The smallest absolute Gasteiger partial charge is 0.335 e. The number of aromatic nitrogens is 1. The minimum atomic E-state index is -1.12. The molecule has 1 N–H and O–H groups in total. The van der Waals surface area contributed by atoms with Crippen molar-refractivity contribution in [3.8, 4) is 11.1 Å². The van der Waals surface area contributed by atoms with E-state index in [2.05, 4.69) is 4.98 Å². The molecule has 5 nitrogen and oxygen atoms in total. The summed E-state index contributed by atoms with van der Waals surface area (Å²) in [5.74, 6) is -1.48. The van der Waals surface area contributed by atoms with Gasteiger partial charge in [0.05, 0.1) is 17.4 Å². The Bertz CT molecular complexity index is 1320. The van der Waals surface area contributed by atoms with Crippen molar-refractivity contribution in [2.24, 2.45) is 0 Å². The van der Waals surface area contributed by atoms with E-state index in [1.54, 1.807) is 60.8 Å². The molecule has 0 unspecified atom stereocenters. The number of nitrogens with zero attached hydrogens (tertiary/aromatic N) is 2. The number of anilines is 2. The Morgan fingerprint density at radius 1 is 0.758 bits per heavy atom. The van der Waals surface area contributed by atoms with Gasteiger partial charge in [-0.1, -0.05) is 35.3 Å². The lowest BCUT2D eigenvalue weighted by molar-refractivity contribution is 0.0697. The normalized spacial score (nSPS) is 10.6. The van der Waals surface area contributed by atoms with E-state index in [1.807, 2.05) is 24.1 Å². The van der Waals surface area contributed by atoms with Crippen LogP contribution in [0.1, 0.15) is 26.4 Å². The zero-order valence-corrected chi connectivity index (χ0v) is 19.0. The van der Waals surface area contributed by atoms with Gasteiger partial charge in [-0.3, -0.25) is 9.78 Å². The molecule has 3 aromatic carbocycles. The van der Waals surface area contributed by atoms with E-state index >= 15 is 0 Å². The van der Waals surface area contributed by atoms with Crippen molar-refractivity contribution in [1.82, 2.24) is 4.98 Å². The van der Waals surface area contributed by atoms with Gasteiger partial charge in [-0.15, -0.1) is 0 Å². The minimum Gasteiger partial charge on any atom is -0.478 e. The van der Waals surface area contributed by atoms with Crippen LogP contribution in [0.5, 0.6) is 0 Å². The van der Waals surface area contributed by atoms with E-state index in [1.165, 1.54) is 12.1 Å². The number of aromatic carboxylic acids is 1. The maximum absolute atomic E-state index is 13.1. The first-order valence-corrected chi connectivity index (χ1v) is 10.7. The van der Waals surface area contributed by atoms with Crippen LogP contribution in [0.4, 0.5) is 11.4 Å². The summed E-state index contributed by atoms with van der Waals surface area (Å²) >= 11 is 11.9. The molecule has 164 valence electrons. The predicted octanol–water partition coefficient (Wildman–Crippen LogP) is 6.75. The maximum Gasteiger partial charge on any atom is 0.335 e. The van der Waals surface area contributed by atoms with Crippen LogP contribution in [-0.4, -0.2) is 28.9 Å². The van der Waals surface area contributed by atoms with Gasteiger partial charge in [0, 0.05) is 28.3 Å². The molecule has 0 radical (unpaired) electrons. The average molecular weight is 477 g/mol. The van der Waals surface area contributed by atoms with E-state index in [9.17, 15) is 14.7 Å². The highest BCUT2D eigenvalue weighted by Gasteiger charge is 2.16. The number of carbonyl (C=O) groups excluding carboxylic acids is 1. The van der Waals surface area contributed by atoms with Crippen molar-refractivity contribution < 1.29 is 14.7 Å². The first-order chi connectivity index (χ1) is 15.8. The molecular weight excluding hydrogens is 459 g/mol. The molecule has 0 fully saturated rings. The minimum absolute atomic E-state index is 0.0184. The van der Waals surface area contributed by atoms with Gasteiger partial charge in [0.2, 0.25) is 5.78 Å². The molecule has 0 saturated carbocycles. The van der Waals surface area contributed by atoms with Gasteiger partial charge in [-0.25, -0.2) is 4.79 Å². The summed E-state index contributed by atoms with van der Waals surface area (Å²) < 4.78 is 0. The molecule has 33 heavy (non-hydrogen) atoms. The van der Waals surface area contributed by atoms with E-state index < -0.39 is 5.97 Å². The summed E-state index contributed by atoms with van der Waals surface area (Å²) in [6.07, 6.45) is 1.60. The third-order valence-electron chi connectivity index (χ3n) is 5.20. The number of ketones is 1. The number of hydrogen-bond donors (Lipinski definition) is 1. The van der Waals surface area contributed by atoms with Crippen LogP contribution < -0.4 is 4.90 Å². The van der Waals surface area contributed by atoms with Gasteiger partial charge in [0.25, 0.3) is 0 Å². The predicted molar refractivity (Wildman–Crippen MR) is 131 cm³/mol. The van der Waals surface area contributed by atoms with Crippen molar-refractivity contribution in [2.45, 2.75) is 0 Å². The van der Waals surface area contributed by atoms with Crippen LogP contribution in [0, 0.1) is 0 Å². The molecule has 4 aromatic rings. The molecule has 7 heteroatoms. The Morgan fingerprint density at radius 2 is 1.33 bits per heavy atom. The number of halogens is 2. The van der Waals surface area contributed by atoms with Crippen LogP contribution in [0.3, 0.4) is 0 Å². The van der Waals surface area contributed by atoms with Gasteiger partial charge >= 0.3 is 5.97 Å². The molecule has 0 aliphatic carbocycles. The molecule has 0 spiro atoms. The number of carbonyl (C=O) groups is 2. The SMILES string of the molecule is CN(c1ccc(Cl)cc1)c1ccc(C(=O)c2cc(C(=O)O)cc(-c3ccc(Cl)cc3)c2)nc1. The Labute approximate surface area is 200 Å². The Kier molecular flexibility index (Phi) is 6.45. The number of carboxylic acids is 1. The molecule has 0 amide bonds. The molecule has 0 bridgehead atoms. The standard InChI is InChI=1S/C26H18Cl2N2O3/c1-30(22-8-6-21(28)7-9-22)23-10-11-24(29-15-23)25(31)18-12-17(13-19(14-18)26(32)33)16-2-4-20(27)5-3-16/h2-15H,1H3,(H,32,33). The summed E-state index contributed by atoms with van der Waals surface area (Å²) in [6, 6.07) is 22.3. The number of hydrogen-bond acceptors (Lipinski definition) is 4. The maximum atomic E-state index is 13.1. The molecule has 1 heterocycles. The Balaban J connectivity index is 1.65. The molecule has 0 aliphatic rings. The lowest BCUT2D eigenvalue weighted by atomic mass is 9.97. The zero-order chi connectivity index (χ0) is 23.5. The van der Waals surface area contributed by atoms with E-state index in [4.69, 9.17) is 23.2 Å². The number of pyridine rings is 1. The molecule has 1 aromatic heterocycles. The molecule has 0 atom stereocenters. The third-order valence-corrected chi connectivity index (χ3v) is 5.71. The Hall–Kier alpha value is -3.67. The second-order valence-corrected chi connectivity index (χ2v) is 8.25. The third kappa shape index (κ3) is 5.06. The highest BCUT2D eigenvalue weighted by Crippen LogP contribution is 2.27. The summed E-state index contributed by atoms with van der Waals surface area (Å²) in [7, 11) is 1.89. The van der Waals surface area contributed by atoms with Crippen LogP contribution in [-0.2, 0) is 0 Å². The first-order valence-electron chi connectivity index (χ1n) is 9.96. The largest absolute Gasteiger partial charge is 0.478 e. The summed E-state index contributed by atoms with van der Waals surface area (Å²) in [4.78, 5) is 31.0. The quantitative estimate of drug-likeness (QED) is 0.311. The molecule has 4 rings (SSSR count). The number of benzene rings is 3. The van der Waals surface area contributed by atoms with Crippen molar-refractivity contribution in [3.63, 3.8) is 0 Å². The van der Waals surface area contributed by atoms with Gasteiger partial charge in [0.15, 0.2) is 0 Å². The van der Waals surface area contributed by atoms with Gasteiger partial charge in [-0.2, -0.15) is 0 Å². The fraction of sp³-hybridized carbons (Fsp3) is 0.0385. The van der Waals surface area contributed by atoms with Gasteiger partial charge in [0.1, 0.15) is 5.69 Å². The lowest BCUT2D eigenvalue weighted by Gasteiger charge is -2.19. The highest BCUT2D eigenvalue weighted by molar-refractivity contribution is 6.31. The summed E-state index contributed by atoms with van der Waals surface area (Å²) in [5, 5.41) is 10.8. The molecule has 0 saturated heterocycles. The van der Waals surface area contributed by atoms with E-state index in [0.717, 1.165) is 16.9 Å². The summed E-state index contributed by atoms with van der Waals surface area (Å²) in [6.45, 7) is 0. The van der Waals surface area contributed by atoms with E-state index in [0.29, 0.717) is 15.6 Å². The second kappa shape index (κ2) is 9.45. The van der Waals surface area contributed by atoms with Crippen molar-refractivity contribution in [2.75, 3.05) is 11.9 Å². The fourth-order valence-corrected chi connectivity index (χ4v) is 3.62. The van der Waals surface area contributed by atoms with Crippen molar-refractivity contribution in [3.05, 3.63) is 112 Å². The van der Waals surface area contributed by atoms with Gasteiger partial charge < -0.3 is 10.0 Å². The van der Waals surface area contributed by atoms with Crippen LogP contribution in [0.25, 0.3) is 11.1 Å². The lowest BCUT2D eigenvalue weighted by Crippen LogP contribution is -2.11. The van der Waals surface area contributed by atoms with Crippen LogP contribution in [0.15, 0.2) is 85.1 Å².